The van der Waals surface area contributed by atoms with Crippen molar-refractivity contribution < 1.29 is 45.2 Å². The van der Waals surface area contributed by atoms with Crippen LogP contribution < -0.4 is 5.32 Å². The second kappa shape index (κ2) is 13.6. The van der Waals surface area contributed by atoms with Crippen LogP contribution in [0.3, 0.4) is 0 Å². The van der Waals surface area contributed by atoms with Crippen molar-refractivity contribution in [3.05, 3.63) is 100 Å². The molecule has 40 heavy (non-hydrogen) atoms. The molecule has 6 nitrogen and oxygen atoms in total. The molecule has 3 rings (SSSR count). The number of hydrogen-bond donors (Lipinski definition) is 1. The van der Waals surface area contributed by atoms with Crippen molar-refractivity contribution in [2.24, 2.45) is 10.3 Å². The molecule has 0 saturated heterocycles. The number of nitrogens with one attached hydrogen (secondary N) is 1. The van der Waals surface area contributed by atoms with E-state index in [4.69, 9.17) is 4.84 Å². The molecule has 0 aliphatic rings. The number of amides is 1. The molecule has 1 N–H and O–H groups in total. The molecule has 0 radical (unpaired) electrons. The van der Waals surface area contributed by atoms with Crippen LogP contribution in [0.1, 0.15) is 46.5 Å². The van der Waals surface area contributed by atoms with Crippen LogP contribution in [0, 0.1) is 5.82 Å². The van der Waals surface area contributed by atoms with Crippen molar-refractivity contribution in [3.8, 4) is 0 Å². The Kier molecular flexibility index (Phi) is 10.8. The lowest BCUT2D eigenvalue weighted by Crippen LogP contribution is -2.13. The number of nitrogens with zero attached hydrogens (tertiary/aromatic N) is 2. The Morgan fingerprint density at radius 3 is 1.65 bits per heavy atom. The standard InChI is InChI=1S/C16H15FN2O2.C11H9F6NO/c1-11(19-21-2)12-7-9-13(10-8-12)18-16(20)14-5-3-4-6-15(14)17;1-6(18-19-2)7-3-8(10(12,13)14)5-9(4-7)11(15,16)17/h3-10H,1-2H3,(H,18,20);3-5H,1-2H3. The maximum atomic E-state index is 13.5. The first-order valence-electron chi connectivity index (χ1n) is 11.3. The van der Waals surface area contributed by atoms with Gasteiger partial charge >= 0.3 is 12.4 Å². The summed E-state index contributed by atoms with van der Waals surface area (Å²) < 4.78 is 88.8. The first kappa shape index (κ1) is 31.8. The first-order valence-corrected chi connectivity index (χ1v) is 11.3. The smallest absolute Gasteiger partial charge is 0.399 e. The quantitative estimate of drug-likeness (QED) is 0.189. The molecule has 3 aromatic rings. The number of benzene rings is 3. The Labute approximate surface area is 225 Å². The predicted octanol–water partition coefficient (Wildman–Crippen LogP) is 7.54. The number of carbonyl (C=O) groups excluding carboxylic acids is 1. The van der Waals surface area contributed by atoms with Crippen molar-refractivity contribution in [1.82, 2.24) is 0 Å². The Morgan fingerprint density at radius 2 is 1.20 bits per heavy atom. The lowest BCUT2D eigenvalue weighted by Gasteiger charge is -2.13. The first-order chi connectivity index (χ1) is 18.7. The zero-order valence-electron chi connectivity index (χ0n) is 21.6. The molecule has 1 amide bonds. The van der Waals surface area contributed by atoms with Gasteiger partial charge in [-0.05, 0) is 61.9 Å². The van der Waals surface area contributed by atoms with Crippen LogP contribution in [-0.2, 0) is 22.0 Å². The largest absolute Gasteiger partial charge is 0.416 e. The molecule has 0 heterocycles. The van der Waals surface area contributed by atoms with Crippen molar-refractivity contribution in [2.45, 2.75) is 26.2 Å². The molecule has 0 unspecified atom stereocenters. The topological polar surface area (TPSA) is 72.3 Å². The van der Waals surface area contributed by atoms with Crippen LogP contribution in [0.25, 0.3) is 0 Å². The predicted molar refractivity (Wildman–Crippen MR) is 136 cm³/mol. The molecule has 0 aliphatic carbocycles. The lowest BCUT2D eigenvalue weighted by molar-refractivity contribution is -0.143. The minimum atomic E-state index is -4.87. The van der Waals surface area contributed by atoms with E-state index in [0.29, 0.717) is 17.8 Å². The molecule has 0 bridgehead atoms. The van der Waals surface area contributed by atoms with Gasteiger partial charge in [-0.15, -0.1) is 0 Å². The third kappa shape index (κ3) is 9.10. The van der Waals surface area contributed by atoms with Crippen LogP contribution in [0.5, 0.6) is 0 Å². The second-order valence-corrected chi connectivity index (χ2v) is 8.02. The van der Waals surface area contributed by atoms with E-state index in [1.54, 1.807) is 36.4 Å². The average Bonchev–Trinajstić information content (AvgIpc) is 2.88. The van der Waals surface area contributed by atoms with Gasteiger partial charge in [-0.2, -0.15) is 26.3 Å². The zero-order valence-corrected chi connectivity index (χ0v) is 21.6. The minimum Gasteiger partial charge on any atom is -0.399 e. The third-order valence-electron chi connectivity index (χ3n) is 5.14. The Bertz CT molecular complexity index is 1330. The van der Waals surface area contributed by atoms with Gasteiger partial charge in [0.1, 0.15) is 20.0 Å². The highest BCUT2D eigenvalue weighted by Crippen LogP contribution is 2.36. The number of alkyl halides is 6. The van der Waals surface area contributed by atoms with E-state index < -0.39 is 35.2 Å². The molecule has 0 spiro atoms. The molecule has 0 fully saturated rings. The van der Waals surface area contributed by atoms with Gasteiger partial charge in [0.2, 0.25) is 0 Å². The van der Waals surface area contributed by atoms with Gasteiger partial charge in [-0.25, -0.2) is 4.39 Å². The number of rotatable bonds is 6. The van der Waals surface area contributed by atoms with E-state index in [1.165, 1.54) is 26.2 Å². The van der Waals surface area contributed by atoms with Gasteiger partial charge in [-0.3, -0.25) is 4.79 Å². The molecule has 3 aromatic carbocycles. The van der Waals surface area contributed by atoms with Gasteiger partial charge in [0.25, 0.3) is 5.91 Å². The van der Waals surface area contributed by atoms with E-state index in [1.807, 2.05) is 6.92 Å². The molecule has 0 aliphatic heterocycles. The van der Waals surface area contributed by atoms with E-state index in [9.17, 15) is 35.5 Å². The average molecular weight is 571 g/mol. The fraction of sp³-hybridized carbons (Fsp3) is 0.222. The summed E-state index contributed by atoms with van der Waals surface area (Å²) in [7, 11) is 2.62. The maximum Gasteiger partial charge on any atom is 0.416 e. The molecular weight excluding hydrogens is 547 g/mol. The van der Waals surface area contributed by atoms with E-state index in [-0.39, 0.29) is 22.9 Å². The Balaban J connectivity index is 0.000000282. The second-order valence-electron chi connectivity index (χ2n) is 8.02. The summed E-state index contributed by atoms with van der Waals surface area (Å²) in [6, 6.07) is 14.1. The van der Waals surface area contributed by atoms with Crippen LogP contribution in [0.4, 0.5) is 36.4 Å². The van der Waals surface area contributed by atoms with Gasteiger partial charge in [0.05, 0.1) is 28.1 Å². The lowest BCUT2D eigenvalue weighted by atomic mass is 10.0. The normalized spacial score (nSPS) is 12.3. The fourth-order valence-electron chi connectivity index (χ4n) is 3.18. The monoisotopic (exact) mass is 571 g/mol. The zero-order chi connectivity index (χ0) is 30.1. The number of hydrogen-bond acceptors (Lipinski definition) is 5. The Hall–Kier alpha value is -4.42. The van der Waals surface area contributed by atoms with Gasteiger partial charge < -0.3 is 15.0 Å². The summed E-state index contributed by atoms with van der Waals surface area (Å²) in [6.45, 7) is 3.07. The van der Waals surface area contributed by atoms with E-state index in [2.05, 4.69) is 20.5 Å². The van der Waals surface area contributed by atoms with E-state index in [0.717, 1.165) is 18.4 Å². The Morgan fingerprint density at radius 1 is 0.725 bits per heavy atom. The van der Waals surface area contributed by atoms with Crippen LogP contribution in [0.2, 0.25) is 0 Å². The molecule has 0 atom stereocenters. The summed E-state index contributed by atoms with van der Waals surface area (Å²) in [6.07, 6.45) is -9.74. The van der Waals surface area contributed by atoms with Crippen LogP contribution in [-0.4, -0.2) is 31.6 Å². The molecule has 13 heteroatoms. The summed E-state index contributed by atoms with van der Waals surface area (Å²) in [5.41, 5.74) is -0.963. The highest BCUT2D eigenvalue weighted by molar-refractivity contribution is 6.05. The summed E-state index contributed by atoms with van der Waals surface area (Å²) in [5, 5.41) is 9.79. The third-order valence-corrected chi connectivity index (χ3v) is 5.14. The van der Waals surface area contributed by atoms with Crippen LogP contribution in [0.15, 0.2) is 77.0 Å². The van der Waals surface area contributed by atoms with Gasteiger partial charge in [0, 0.05) is 11.3 Å². The van der Waals surface area contributed by atoms with Crippen LogP contribution >= 0.6 is 0 Å². The summed E-state index contributed by atoms with van der Waals surface area (Å²) >= 11 is 0. The number of anilines is 1. The SMILES string of the molecule is CON=C(C)c1cc(C(F)(F)F)cc(C(F)(F)F)c1.CON=C(C)c1ccc(NC(=O)c2ccccc2F)cc1. The highest BCUT2D eigenvalue weighted by Gasteiger charge is 2.37. The molecule has 214 valence electrons. The van der Waals surface area contributed by atoms with Crippen molar-refractivity contribution in [3.63, 3.8) is 0 Å². The van der Waals surface area contributed by atoms with Crippen molar-refractivity contribution in [2.75, 3.05) is 19.5 Å². The highest BCUT2D eigenvalue weighted by atomic mass is 19.4. The van der Waals surface area contributed by atoms with Gasteiger partial charge in [0.15, 0.2) is 0 Å². The number of carbonyl (C=O) groups is 1. The van der Waals surface area contributed by atoms with Crippen molar-refractivity contribution in [1.29, 1.82) is 0 Å². The minimum absolute atomic E-state index is 0.0127. The molecule has 0 aromatic heterocycles. The number of halogens is 7. The van der Waals surface area contributed by atoms with E-state index >= 15 is 0 Å². The molecule has 0 saturated carbocycles. The summed E-state index contributed by atoms with van der Waals surface area (Å²) in [4.78, 5) is 21.0. The number of oxime groups is 2. The van der Waals surface area contributed by atoms with Crippen molar-refractivity contribution >= 4 is 23.0 Å². The fourth-order valence-corrected chi connectivity index (χ4v) is 3.18. The summed E-state index contributed by atoms with van der Waals surface area (Å²) in [5.74, 6) is -1.03. The molecular formula is C27H24F7N3O3. The van der Waals surface area contributed by atoms with Gasteiger partial charge in [-0.1, -0.05) is 34.6 Å². The maximum absolute atomic E-state index is 13.5.